The van der Waals surface area contributed by atoms with Gasteiger partial charge in [-0.1, -0.05) is 48.5 Å². The zero-order chi connectivity index (χ0) is 19.1. The van der Waals surface area contributed by atoms with Gasteiger partial charge in [-0.15, -0.1) is 0 Å². The maximum Gasteiger partial charge on any atom is 0.323 e. The van der Waals surface area contributed by atoms with Gasteiger partial charge in [0.15, 0.2) is 0 Å². The van der Waals surface area contributed by atoms with Gasteiger partial charge >= 0.3 is 5.97 Å². The summed E-state index contributed by atoms with van der Waals surface area (Å²) < 4.78 is 5.77. The van der Waals surface area contributed by atoms with Gasteiger partial charge in [-0.05, 0) is 17.7 Å². The minimum Gasteiger partial charge on any atom is -0.480 e. The first-order valence-electron chi connectivity index (χ1n) is 9.07. The number of para-hydroxylation sites is 1. The predicted octanol–water partition coefficient (Wildman–Crippen LogP) is 2.40. The topological polar surface area (TPSA) is 70.1 Å². The van der Waals surface area contributed by atoms with Crippen molar-refractivity contribution >= 4 is 17.6 Å². The standard InChI is InChI=1S/C21H24N2O4/c24-20(23(16-21(25)26)18-9-5-2-6-10-18)13-19-15-22(11-12-27-19)14-17-7-3-1-4-8-17/h1-10,19H,11-16H2,(H,25,26). The lowest BCUT2D eigenvalue weighted by Crippen LogP contribution is -2.45. The Bertz CT molecular complexity index is 751. The molecule has 0 spiro atoms. The number of nitrogens with zero attached hydrogens (tertiary/aromatic N) is 2. The molecule has 1 atom stereocenters. The first-order chi connectivity index (χ1) is 13.1. The third kappa shape index (κ3) is 5.64. The molecule has 1 unspecified atom stereocenters. The normalized spacial score (nSPS) is 17.4. The van der Waals surface area contributed by atoms with Crippen LogP contribution in [0.1, 0.15) is 12.0 Å². The number of amides is 1. The zero-order valence-corrected chi connectivity index (χ0v) is 15.2. The maximum absolute atomic E-state index is 12.8. The highest BCUT2D eigenvalue weighted by Crippen LogP contribution is 2.18. The van der Waals surface area contributed by atoms with Gasteiger partial charge < -0.3 is 14.7 Å². The smallest absolute Gasteiger partial charge is 0.323 e. The SMILES string of the molecule is O=C(O)CN(C(=O)CC1CN(Cc2ccccc2)CCO1)c1ccccc1. The fraction of sp³-hybridized carbons (Fsp3) is 0.333. The highest BCUT2D eigenvalue weighted by Gasteiger charge is 2.27. The van der Waals surface area contributed by atoms with Crippen LogP contribution in [0.5, 0.6) is 0 Å². The van der Waals surface area contributed by atoms with E-state index in [4.69, 9.17) is 4.74 Å². The second-order valence-corrected chi connectivity index (χ2v) is 6.63. The average molecular weight is 368 g/mol. The molecule has 142 valence electrons. The van der Waals surface area contributed by atoms with Crippen LogP contribution in [0.25, 0.3) is 0 Å². The van der Waals surface area contributed by atoms with Crippen LogP contribution in [0.15, 0.2) is 60.7 Å². The van der Waals surface area contributed by atoms with E-state index in [-0.39, 0.29) is 25.0 Å². The van der Waals surface area contributed by atoms with Gasteiger partial charge in [-0.25, -0.2) is 0 Å². The van der Waals surface area contributed by atoms with Gasteiger partial charge in [0.05, 0.1) is 19.1 Å². The molecule has 1 N–H and O–H groups in total. The number of ether oxygens (including phenoxy) is 1. The number of carbonyl (C=O) groups is 2. The third-order valence-corrected chi connectivity index (χ3v) is 4.54. The van der Waals surface area contributed by atoms with E-state index in [0.29, 0.717) is 18.8 Å². The minimum atomic E-state index is -1.04. The maximum atomic E-state index is 12.8. The van der Waals surface area contributed by atoms with Gasteiger partial charge in [-0.2, -0.15) is 0 Å². The molecule has 0 saturated carbocycles. The fourth-order valence-electron chi connectivity index (χ4n) is 3.26. The van der Waals surface area contributed by atoms with Crippen molar-refractivity contribution in [1.82, 2.24) is 4.90 Å². The molecule has 6 nitrogen and oxygen atoms in total. The fourth-order valence-corrected chi connectivity index (χ4v) is 3.26. The summed E-state index contributed by atoms with van der Waals surface area (Å²) in [6.45, 7) is 2.48. The summed E-state index contributed by atoms with van der Waals surface area (Å²) >= 11 is 0. The number of hydrogen-bond donors (Lipinski definition) is 1. The molecule has 1 amide bonds. The molecule has 0 aromatic heterocycles. The number of carboxylic acids is 1. The Morgan fingerprint density at radius 2 is 1.74 bits per heavy atom. The molecule has 27 heavy (non-hydrogen) atoms. The lowest BCUT2D eigenvalue weighted by atomic mass is 10.1. The Kier molecular flexibility index (Phi) is 6.57. The Morgan fingerprint density at radius 3 is 2.41 bits per heavy atom. The third-order valence-electron chi connectivity index (χ3n) is 4.54. The van der Waals surface area contributed by atoms with Crippen LogP contribution >= 0.6 is 0 Å². The molecule has 1 aliphatic heterocycles. The van der Waals surface area contributed by atoms with Crippen LogP contribution in [-0.2, 0) is 20.9 Å². The predicted molar refractivity (Wildman–Crippen MR) is 103 cm³/mol. The van der Waals surface area contributed by atoms with Gasteiger partial charge in [0.1, 0.15) is 6.54 Å². The molecule has 1 heterocycles. The summed E-state index contributed by atoms with van der Waals surface area (Å²) in [5.41, 5.74) is 1.81. The molecule has 0 aliphatic carbocycles. The number of anilines is 1. The van der Waals surface area contributed by atoms with Crippen LogP contribution in [0.2, 0.25) is 0 Å². The van der Waals surface area contributed by atoms with Crippen molar-refractivity contribution < 1.29 is 19.4 Å². The molecule has 2 aromatic carbocycles. The second kappa shape index (κ2) is 9.30. The molecule has 6 heteroatoms. The van der Waals surface area contributed by atoms with Crippen LogP contribution in [0.4, 0.5) is 5.69 Å². The van der Waals surface area contributed by atoms with Gasteiger partial charge in [0, 0.05) is 25.3 Å². The van der Waals surface area contributed by atoms with E-state index in [1.807, 2.05) is 24.3 Å². The monoisotopic (exact) mass is 368 g/mol. The number of hydrogen-bond acceptors (Lipinski definition) is 4. The average Bonchev–Trinajstić information content (AvgIpc) is 2.68. The highest BCUT2D eigenvalue weighted by molar-refractivity contribution is 5.97. The van der Waals surface area contributed by atoms with Crippen molar-refractivity contribution in [2.75, 3.05) is 31.1 Å². The lowest BCUT2D eigenvalue weighted by Gasteiger charge is -2.33. The van der Waals surface area contributed by atoms with Crippen molar-refractivity contribution in [3.05, 3.63) is 66.2 Å². The van der Waals surface area contributed by atoms with E-state index < -0.39 is 5.97 Å². The van der Waals surface area contributed by atoms with Gasteiger partial charge in [0.25, 0.3) is 0 Å². The molecular weight excluding hydrogens is 344 g/mol. The van der Waals surface area contributed by atoms with Gasteiger partial charge in [0.2, 0.25) is 5.91 Å². The van der Waals surface area contributed by atoms with E-state index in [1.165, 1.54) is 10.5 Å². The number of carbonyl (C=O) groups excluding carboxylic acids is 1. The Balaban J connectivity index is 1.62. The van der Waals surface area contributed by atoms with Crippen LogP contribution in [-0.4, -0.2) is 54.2 Å². The molecule has 1 fully saturated rings. The van der Waals surface area contributed by atoms with Crippen molar-refractivity contribution in [2.45, 2.75) is 19.1 Å². The van der Waals surface area contributed by atoms with E-state index in [0.717, 1.165) is 13.1 Å². The summed E-state index contributed by atoms with van der Waals surface area (Å²) in [6.07, 6.45) is -0.0806. The summed E-state index contributed by atoms with van der Waals surface area (Å²) in [4.78, 5) is 27.6. The molecule has 3 rings (SSSR count). The zero-order valence-electron chi connectivity index (χ0n) is 15.2. The van der Waals surface area contributed by atoms with Crippen molar-refractivity contribution in [3.8, 4) is 0 Å². The van der Waals surface area contributed by atoms with E-state index in [1.54, 1.807) is 24.3 Å². The summed E-state index contributed by atoms with van der Waals surface area (Å²) in [7, 11) is 0. The van der Waals surface area contributed by atoms with Crippen LogP contribution in [0.3, 0.4) is 0 Å². The number of aliphatic carboxylic acids is 1. The van der Waals surface area contributed by atoms with Crippen molar-refractivity contribution in [1.29, 1.82) is 0 Å². The van der Waals surface area contributed by atoms with E-state index >= 15 is 0 Å². The molecule has 2 aromatic rings. The molecule has 1 aliphatic rings. The highest BCUT2D eigenvalue weighted by atomic mass is 16.5. The Hall–Kier alpha value is -2.70. The first-order valence-corrected chi connectivity index (χ1v) is 9.07. The molecule has 0 bridgehead atoms. The molecule has 1 saturated heterocycles. The Morgan fingerprint density at radius 1 is 1.07 bits per heavy atom. The largest absolute Gasteiger partial charge is 0.480 e. The summed E-state index contributed by atoms with van der Waals surface area (Å²) in [5.74, 6) is -1.28. The first kappa shape index (κ1) is 19.1. The van der Waals surface area contributed by atoms with Crippen molar-refractivity contribution in [3.63, 3.8) is 0 Å². The summed E-state index contributed by atoms with van der Waals surface area (Å²) in [5, 5.41) is 9.17. The lowest BCUT2D eigenvalue weighted by molar-refractivity contribution is -0.137. The minimum absolute atomic E-state index is 0.160. The number of rotatable bonds is 7. The molecular formula is C21H24N2O4. The second-order valence-electron chi connectivity index (χ2n) is 6.63. The Labute approximate surface area is 159 Å². The molecule has 0 radical (unpaired) electrons. The van der Waals surface area contributed by atoms with Crippen LogP contribution in [0, 0.1) is 0 Å². The quantitative estimate of drug-likeness (QED) is 0.813. The summed E-state index contributed by atoms with van der Waals surface area (Å²) in [6, 6.07) is 19.1. The van der Waals surface area contributed by atoms with E-state index in [9.17, 15) is 14.7 Å². The number of morpholine rings is 1. The number of carboxylic acid groups (broad SMARTS) is 1. The van der Waals surface area contributed by atoms with E-state index in [2.05, 4.69) is 17.0 Å². The van der Waals surface area contributed by atoms with Crippen LogP contribution < -0.4 is 4.90 Å². The number of benzene rings is 2. The van der Waals surface area contributed by atoms with Crippen molar-refractivity contribution in [2.24, 2.45) is 0 Å². The van der Waals surface area contributed by atoms with Gasteiger partial charge in [-0.3, -0.25) is 14.5 Å².